The van der Waals surface area contributed by atoms with Crippen LogP contribution < -0.4 is 10.5 Å². The van der Waals surface area contributed by atoms with Crippen molar-refractivity contribution in [3.8, 4) is 16.9 Å². The molecule has 4 unspecified atom stereocenters. The summed E-state index contributed by atoms with van der Waals surface area (Å²) in [5, 5.41) is 34.6. The third-order valence-electron chi connectivity index (χ3n) is 8.87. The highest BCUT2D eigenvalue weighted by Gasteiger charge is 2.64. The Balaban J connectivity index is 1.72. The van der Waals surface area contributed by atoms with Crippen LogP contribution in [0.2, 0.25) is 0 Å². The quantitative estimate of drug-likeness (QED) is 0.269. The molecule has 1 amide bonds. The predicted molar refractivity (Wildman–Crippen MR) is 153 cm³/mol. The second kappa shape index (κ2) is 11.1. The number of ketones is 2. The standard InChI is InChI=1S/C32H33F3N2O7/c1-4-5-12-44-21-11-10-18(15-6-8-17(9-7-15)32(33,34)35)19-13-16-14-20-25(37(2)3)27(39)24(30(36)42)29(41)31(20,43)28(40)22(16)26(38)23(19)21/h6-11,16,20,25,38,41,43H,4-5,12-14H2,1-3H3,(H2,36,42). The molecule has 0 saturated heterocycles. The first-order valence-electron chi connectivity index (χ1n) is 14.3. The Bertz CT molecular complexity index is 1610. The number of nitrogens with two attached hydrogens (primary N) is 1. The number of unbranched alkanes of at least 4 members (excludes halogenated alkanes) is 1. The molecule has 2 aromatic rings. The van der Waals surface area contributed by atoms with Crippen molar-refractivity contribution in [2.75, 3.05) is 20.7 Å². The Morgan fingerprint density at radius 1 is 1.11 bits per heavy atom. The van der Waals surface area contributed by atoms with E-state index in [-0.39, 0.29) is 36.3 Å². The van der Waals surface area contributed by atoms with Crippen LogP contribution in [0.1, 0.15) is 42.9 Å². The van der Waals surface area contributed by atoms with Crippen molar-refractivity contribution in [2.24, 2.45) is 17.6 Å². The molecule has 1 fully saturated rings. The second-order valence-corrected chi connectivity index (χ2v) is 11.7. The van der Waals surface area contributed by atoms with Gasteiger partial charge in [0.1, 0.15) is 22.8 Å². The highest BCUT2D eigenvalue weighted by atomic mass is 19.4. The Morgan fingerprint density at radius 2 is 1.77 bits per heavy atom. The molecule has 0 heterocycles. The molecule has 0 spiro atoms. The number of nitrogens with zero attached hydrogens (tertiary/aromatic N) is 1. The number of benzene rings is 2. The molecule has 3 aliphatic carbocycles. The minimum Gasteiger partial charge on any atom is -0.508 e. The van der Waals surface area contributed by atoms with Crippen molar-refractivity contribution in [3.63, 3.8) is 0 Å². The molecule has 1 saturated carbocycles. The molecule has 3 aliphatic rings. The number of Topliss-reactive ketones (excluding diaryl/α,β-unsaturated/α-hetero) is 2. The largest absolute Gasteiger partial charge is 0.508 e. The van der Waals surface area contributed by atoms with Gasteiger partial charge in [-0.2, -0.15) is 13.2 Å². The van der Waals surface area contributed by atoms with E-state index >= 15 is 0 Å². The van der Waals surface area contributed by atoms with Gasteiger partial charge in [-0.15, -0.1) is 0 Å². The molecule has 0 aliphatic heterocycles. The lowest BCUT2D eigenvalue weighted by atomic mass is 9.57. The fraction of sp³-hybridized carbons (Fsp3) is 0.406. The van der Waals surface area contributed by atoms with E-state index in [9.17, 15) is 42.9 Å². The van der Waals surface area contributed by atoms with Gasteiger partial charge in [-0.1, -0.05) is 31.5 Å². The molecule has 44 heavy (non-hydrogen) atoms. The van der Waals surface area contributed by atoms with E-state index in [1.165, 1.54) is 31.1 Å². The number of hydrogen-bond acceptors (Lipinski definition) is 8. The topological polar surface area (TPSA) is 150 Å². The average molecular weight is 615 g/mol. The Labute approximate surface area is 251 Å². The number of likely N-dealkylation sites (N-methyl/N-ethyl adjacent to an activating group) is 1. The van der Waals surface area contributed by atoms with E-state index in [0.29, 0.717) is 23.1 Å². The van der Waals surface area contributed by atoms with E-state index in [0.717, 1.165) is 18.6 Å². The molecule has 234 valence electrons. The molecule has 2 aromatic carbocycles. The van der Waals surface area contributed by atoms with Gasteiger partial charge in [-0.25, -0.2) is 0 Å². The summed E-state index contributed by atoms with van der Waals surface area (Å²) in [6.07, 6.45) is -2.98. The van der Waals surface area contributed by atoms with Crippen molar-refractivity contribution < 1.29 is 47.6 Å². The van der Waals surface area contributed by atoms with Crippen molar-refractivity contribution in [1.29, 1.82) is 0 Å². The molecular formula is C32H33F3N2O7. The first-order chi connectivity index (χ1) is 20.6. The van der Waals surface area contributed by atoms with Crippen LogP contribution in [0.4, 0.5) is 13.2 Å². The van der Waals surface area contributed by atoms with Crippen LogP contribution in [-0.4, -0.2) is 70.0 Å². The lowest BCUT2D eigenvalue weighted by molar-refractivity contribution is -0.153. The van der Waals surface area contributed by atoms with Crippen molar-refractivity contribution in [3.05, 3.63) is 70.0 Å². The summed E-state index contributed by atoms with van der Waals surface area (Å²) in [4.78, 5) is 41.1. The smallest absolute Gasteiger partial charge is 0.416 e. The maximum Gasteiger partial charge on any atom is 0.416 e. The zero-order valence-electron chi connectivity index (χ0n) is 24.4. The highest BCUT2D eigenvalue weighted by Crippen LogP contribution is 2.53. The minimum atomic E-state index is -4.53. The summed E-state index contributed by atoms with van der Waals surface area (Å²) < 4.78 is 45.8. The maximum absolute atomic E-state index is 14.2. The summed E-state index contributed by atoms with van der Waals surface area (Å²) in [7, 11) is 3.05. The molecule has 0 radical (unpaired) electrons. The number of ether oxygens (including phenoxy) is 1. The normalized spacial score (nSPS) is 25.1. The van der Waals surface area contributed by atoms with Gasteiger partial charge in [-0.05, 0) is 74.2 Å². The maximum atomic E-state index is 14.2. The molecule has 9 nitrogen and oxygen atoms in total. The van der Waals surface area contributed by atoms with Crippen LogP contribution in [-0.2, 0) is 27.0 Å². The summed E-state index contributed by atoms with van der Waals surface area (Å²) in [5.74, 6) is -6.60. The number of carbonyl (C=O) groups is 3. The number of rotatable bonds is 7. The van der Waals surface area contributed by atoms with Crippen LogP contribution in [0, 0.1) is 11.8 Å². The number of aliphatic hydroxyl groups excluding tert-OH is 2. The number of amides is 1. The number of aliphatic hydroxyl groups is 3. The molecule has 0 aromatic heterocycles. The van der Waals surface area contributed by atoms with Gasteiger partial charge < -0.3 is 25.8 Å². The van der Waals surface area contributed by atoms with Gasteiger partial charge in [0.25, 0.3) is 5.91 Å². The van der Waals surface area contributed by atoms with Crippen molar-refractivity contribution in [2.45, 2.75) is 50.4 Å². The third kappa shape index (κ3) is 4.76. The van der Waals surface area contributed by atoms with Gasteiger partial charge in [0, 0.05) is 11.5 Å². The number of hydrogen-bond donors (Lipinski definition) is 4. The van der Waals surface area contributed by atoms with Gasteiger partial charge in [0.2, 0.25) is 5.78 Å². The van der Waals surface area contributed by atoms with E-state index in [1.807, 2.05) is 6.92 Å². The van der Waals surface area contributed by atoms with Crippen molar-refractivity contribution >= 4 is 23.2 Å². The van der Waals surface area contributed by atoms with Crippen molar-refractivity contribution in [1.82, 2.24) is 4.90 Å². The zero-order valence-corrected chi connectivity index (χ0v) is 24.4. The summed E-state index contributed by atoms with van der Waals surface area (Å²) >= 11 is 0. The van der Waals surface area contributed by atoms with E-state index < -0.39 is 69.8 Å². The van der Waals surface area contributed by atoms with Crippen LogP contribution >= 0.6 is 0 Å². The van der Waals surface area contributed by atoms with Gasteiger partial charge in [0.05, 0.1) is 23.8 Å². The first kappa shape index (κ1) is 31.3. The Hall–Kier alpha value is -4.16. The van der Waals surface area contributed by atoms with Crippen LogP contribution in [0.5, 0.6) is 5.75 Å². The molecular weight excluding hydrogens is 581 g/mol. The average Bonchev–Trinajstić information content (AvgIpc) is 2.94. The summed E-state index contributed by atoms with van der Waals surface area (Å²) in [5.41, 5.74) is 2.37. The van der Waals surface area contributed by atoms with Gasteiger partial charge in [-0.3, -0.25) is 19.3 Å². The second-order valence-electron chi connectivity index (χ2n) is 11.7. The van der Waals surface area contributed by atoms with Crippen LogP contribution in [0.15, 0.2) is 53.3 Å². The molecule has 0 bridgehead atoms. The lowest BCUT2D eigenvalue weighted by Gasteiger charge is -2.50. The Kier molecular flexibility index (Phi) is 7.88. The number of fused-ring (bicyclic) bond motifs is 3. The monoisotopic (exact) mass is 614 g/mol. The lowest BCUT2D eigenvalue weighted by Crippen LogP contribution is -2.65. The van der Waals surface area contributed by atoms with Gasteiger partial charge in [0.15, 0.2) is 11.4 Å². The minimum absolute atomic E-state index is 0.0564. The first-order valence-corrected chi connectivity index (χ1v) is 14.3. The van der Waals surface area contributed by atoms with E-state index in [2.05, 4.69) is 0 Å². The van der Waals surface area contributed by atoms with Crippen LogP contribution in [0.25, 0.3) is 16.9 Å². The SMILES string of the molecule is CCCCOc1ccc(-c2ccc(C(F)(F)F)cc2)c2c1C(O)=C1C(=O)C3(O)C(O)=C(C(N)=O)C(=O)C(N(C)C)C3CC1C2. The highest BCUT2D eigenvalue weighted by molar-refractivity contribution is 6.24. The van der Waals surface area contributed by atoms with E-state index in [4.69, 9.17) is 10.5 Å². The number of halogens is 3. The molecule has 12 heteroatoms. The summed E-state index contributed by atoms with van der Waals surface area (Å²) in [6.45, 7) is 2.25. The van der Waals surface area contributed by atoms with Crippen LogP contribution in [0.3, 0.4) is 0 Å². The fourth-order valence-corrected chi connectivity index (χ4v) is 6.79. The molecule has 5 N–H and O–H groups in total. The van der Waals surface area contributed by atoms with E-state index in [1.54, 1.807) is 12.1 Å². The number of alkyl halides is 3. The van der Waals surface area contributed by atoms with Gasteiger partial charge >= 0.3 is 6.18 Å². The third-order valence-corrected chi connectivity index (χ3v) is 8.87. The fourth-order valence-electron chi connectivity index (χ4n) is 6.79. The Morgan fingerprint density at radius 3 is 2.34 bits per heavy atom. The molecule has 5 rings (SSSR count). The molecule has 4 atom stereocenters. The number of carbonyl (C=O) groups excluding carboxylic acids is 3. The predicted octanol–water partition coefficient (Wildman–Crippen LogP) is 4.12. The zero-order chi connectivity index (χ0) is 32.3. The number of primary amides is 1. The summed E-state index contributed by atoms with van der Waals surface area (Å²) in [6, 6.07) is 6.62.